The van der Waals surface area contributed by atoms with Crippen molar-refractivity contribution in [3.8, 4) is 0 Å². The van der Waals surface area contributed by atoms with Gasteiger partial charge in [0.05, 0.1) is 24.6 Å². The zero-order valence-corrected chi connectivity index (χ0v) is 16.6. The second-order valence-electron chi connectivity index (χ2n) is 6.03. The van der Waals surface area contributed by atoms with Crippen LogP contribution in [-0.2, 0) is 16.0 Å². The molecule has 2 amide bonds. The van der Waals surface area contributed by atoms with Crippen LogP contribution in [0.2, 0.25) is 5.22 Å². The third-order valence-corrected chi connectivity index (χ3v) is 5.64. The van der Waals surface area contributed by atoms with E-state index in [2.05, 4.69) is 25.9 Å². The summed E-state index contributed by atoms with van der Waals surface area (Å²) in [5.74, 6) is -0.729. The standard InChI is InChI=1S/C16H20ClN5O4S/c1-9-11(14(17)26-21-9)3-4-12(23)19-20-15(24)13-10(2)18-16(27-13)22-5-7-25-8-6-22/h3-8H2,1-2H3,(H,19,23)(H,20,24). The Bertz CT molecular complexity index is 811. The van der Waals surface area contributed by atoms with Gasteiger partial charge < -0.3 is 14.2 Å². The van der Waals surface area contributed by atoms with Gasteiger partial charge in [-0.3, -0.25) is 20.4 Å². The van der Waals surface area contributed by atoms with Crippen LogP contribution in [0.25, 0.3) is 0 Å². The highest BCUT2D eigenvalue weighted by atomic mass is 35.5. The molecule has 0 atom stereocenters. The first-order chi connectivity index (χ1) is 13.0. The van der Waals surface area contributed by atoms with Gasteiger partial charge in [0.1, 0.15) is 4.88 Å². The number of nitrogens with one attached hydrogen (secondary N) is 2. The van der Waals surface area contributed by atoms with E-state index in [1.807, 2.05) is 0 Å². The summed E-state index contributed by atoms with van der Waals surface area (Å²) in [5.41, 5.74) is 6.80. The first-order valence-electron chi connectivity index (χ1n) is 8.45. The summed E-state index contributed by atoms with van der Waals surface area (Å²) in [4.78, 5) is 31.3. The molecule has 0 aliphatic carbocycles. The zero-order valence-electron chi connectivity index (χ0n) is 15.0. The van der Waals surface area contributed by atoms with Crippen LogP contribution in [0.5, 0.6) is 0 Å². The Morgan fingerprint density at radius 3 is 2.63 bits per heavy atom. The van der Waals surface area contributed by atoms with Crippen LogP contribution in [0.4, 0.5) is 5.13 Å². The van der Waals surface area contributed by atoms with Crippen molar-refractivity contribution in [2.24, 2.45) is 0 Å². The molecule has 0 aromatic carbocycles. The molecular formula is C16H20ClN5O4S. The molecule has 27 heavy (non-hydrogen) atoms. The van der Waals surface area contributed by atoms with Gasteiger partial charge in [-0.15, -0.1) is 0 Å². The average molecular weight is 414 g/mol. The smallest absolute Gasteiger partial charge is 0.281 e. The minimum atomic E-state index is -0.392. The number of halogens is 1. The Kier molecular flexibility index (Phi) is 6.30. The highest BCUT2D eigenvalue weighted by Crippen LogP contribution is 2.26. The first kappa shape index (κ1) is 19.6. The zero-order chi connectivity index (χ0) is 19.4. The molecule has 3 rings (SSSR count). The van der Waals surface area contributed by atoms with Gasteiger partial charge in [0.15, 0.2) is 5.13 Å². The lowest BCUT2D eigenvalue weighted by molar-refractivity contribution is -0.121. The lowest BCUT2D eigenvalue weighted by Gasteiger charge is -2.25. The van der Waals surface area contributed by atoms with E-state index in [9.17, 15) is 9.59 Å². The number of nitrogens with zero attached hydrogens (tertiary/aromatic N) is 3. The normalized spacial score (nSPS) is 14.3. The van der Waals surface area contributed by atoms with Crippen LogP contribution in [-0.4, -0.2) is 48.3 Å². The molecular weight excluding hydrogens is 394 g/mol. The number of hydrogen-bond donors (Lipinski definition) is 2. The number of carbonyl (C=O) groups excluding carboxylic acids is 2. The topological polar surface area (TPSA) is 110 Å². The van der Waals surface area contributed by atoms with Crippen molar-refractivity contribution in [3.05, 3.63) is 27.0 Å². The van der Waals surface area contributed by atoms with Gasteiger partial charge in [0.2, 0.25) is 11.1 Å². The van der Waals surface area contributed by atoms with E-state index in [1.54, 1.807) is 13.8 Å². The van der Waals surface area contributed by atoms with Crippen molar-refractivity contribution >= 4 is 39.9 Å². The van der Waals surface area contributed by atoms with Crippen LogP contribution >= 0.6 is 22.9 Å². The van der Waals surface area contributed by atoms with E-state index in [-0.39, 0.29) is 17.5 Å². The van der Waals surface area contributed by atoms with Crippen molar-refractivity contribution in [1.82, 2.24) is 21.0 Å². The molecule has 0 unspecified atom stereocenters. The SMILES string of the molecule is Cc1nc(N2CCOCC2)sc1C(=O)NNC(=O)CCc1c(C)noc1Cl. The number of rotatable bonds is 5. The fourth-order valence-corrected chi connectivity index (χ4v) is 3.89. The highest BCUT2D eigenvalue weighted by Gasteiger charge is 2.21. The Balaban J connectivity index is 1.51. The molecule has 9 nitrogen and oxygen atoms in total. The maximum absolute atomic E-state index is 12.4. The van der Waals surface area contributed by atoms with E-state index in [0.29, 0.717) is 41.5 Å². The number of hydrogen-bond acceptors (Lipinski definition) is 8. The minimum Gasteiger partial charge on any atom is -0.378 e. The Morgan fingerprint density at radius 2 is 1.96 bits per heavy atom. The summed E-state index contributed by atoms with van der Waals surface area (Å²) in [6.07, 6.45) is 0.513. The van der Waals surface area contributed by atoms with E-state index >= 15 is 0 Å². The highest BCUT2D eigenvalue weighted by molar-refractivity contribution is 7.17. The van der Waals surface area contributed by atoms with Crippen LogP contribution in [0.3, 0.4) is 0 Å². The minimum absolute atomic E-state index is 0.142. The molecule has 0 radical (unpaired) electrons. The molecule has 0 saturated carbocycles. The number of amides is 2. The largest absolute Gasteiger partial charge is 0.378 e. The Morgan fingerprint density at radius 1 is 1.22 bits per heavy atom. The monoisotopic (exact) mass is 413 g/mol. The Labute approximate surface area is 165 Å². The van der Waals surface area contributed by atoms with Crippen molar-refractivity contribution < 1.29 is 18.8 Å². The third kappa shape index (κ3) is 4.76. The van der Waals surface area contributed by atoms with Crippen LogP contribution in [0.15, 0.2) is 4.52 Å². The number of aromatic nitrogens is 2. The quantitative estimate of drug-likeness (QED) is 0.717. The molecule has 3 heterocycles. The van der Waals surface area contributed by atoms with E-state index < -0.39 is 5.91 Å². The fourth-order valence-electron chi connectivity index (χ4n) is 2.61. The lowest BCUT2D eigenvalue weighted by Crippen LogP contribution is -2.41. The maximum atomic E-state index is 12.4. The molecule has 2 aromatic heterocycles. The molecule has 2 N–H and O–H groups in total. The van der Waals surface area contributed by atoms with Gasteiger partial charge >= 0.3 is 0 Å². The number of thiazole rings is 1. The van der Waals surface area contributed by atoms with E-state index in [0.717, 1.165) is 18.2 Å². The molecule has 146 valence electrons. The number of morpholine rings is 1. The predicted octanol–water partition coefficient (Wildman–Crippen LogP) is 1.63. The van der Waals surface area contributed by atoms with Gasteiger partial charge in [0, 0.05) is 25.1 Å². The number of aryl methyl sites for hydroxylation is 2. The van der Waals surface area contributed by atoms with Crippen molar-refractivity contribution in [2.75, 3.05) is 31.2 Å². The molecule has 0 spiro atoms. The summed E-state index contributed by atoms with van der Waals surface area (Å²) in [5, 5.41) is 4.70. The average Bonchev–Trinajstić information content (AvgIpc) is 3.21. The Hall–Kier alpha value is -2.17. The maximum Gasteiger partial charge on any atom is 0.281 e. The van der Waals surface area contributed by atoms with Crippen LogP contribution in [0.1, 0.15) is 33.0 Å². The number of carbonyl (C=O) groups is 2. The van der Waals surface area contributed by atoms with Gasteiger partial charge in [-0.2, -0.15) is 0 Å². The number of ether oxygens (including phenoxy) is 1. The second kappa shape index (κ2) is 8.68. The van der Waals surface area contributed by atoms with Gasteiger partial charge in [-0.25, -0.2) is 4.98 Å². The van der Waals surface area contributed by atoms with E-state index in [4.69, 9.17) is 20.9 Å². The predicted molar refractivity (Wildman–Crippen MR) is 100 cm³/mol. The summed E-state index contributed by atoms with van der Waals surface area (Å²) >= 11 is 7.17. The molecule has 1 saturated heterocycles. The molecule has 11 heteroatoms. The van der Waals surface area contributed by atoms with Gasteiger partial charge in [-0.05, 0) is 31.9 Å². The van der Waals surface area contributed by atoms with Crippen LogP contribution in [0, 0.1) is 13.8 Å². The van der Waals surface area contributed by atoms with Crippen molar-refractivity contribution in [2.45, 2.75) is 26.7 Å². The molecule has 0 bridgehead atoms. The number of anilines is 1. The molecule has 1 fully saturated rings. The lowest BCUT2D eigenvalue weighted by atomic mass is 10.1. The third-order valence-electron chi connectivity index (χ3n) is 4.13. The second-order valence-corrected chi connectivity index (χ2v) is 7.35. The molecule has 1 aliphatic heterocycles. The first-order valence-corrected chi connectivity index (χ1v) is 9.65. The number of hydrazine groups is 1. The summed E-state index contributed by atoms with van der Waals surface area (Å²) in [6, 6.07) is 0. The summed E-state index contributed by atoms with van der Waals surface area (Å²) < 4.78 is 10.2. The summed E-state index contributed by atoms with van der Waals surface area (Å²) in [6.45, 7) is 6.31. The summed E-state index contributed by atoms with van der Waals surface area (Å²) in [7, 11) is 0. The van der Waals surface area contributed by atoms with Gasteiger partial charge in [0.25, 0.3) is 5.91 Å². The van der Waals surface area contributed by atoms with Crippen molar-refractivity contribution in [1.29, 1.82) is 0 Å². The van der Waals surface area contributed by atoms with Crippen LogP contribution < -0.4 is 15.8 Å². The van der Waals surface area contributed by atoms with Gasteiger partial charge in [-0.1, -0.05) is 16.5 Å². The fraction of sp³-hybridized carbons (Fsp3) is 0.500. The van der Waals surface area contributed by atoms with E-state index in [1.165, 1.54) is 11.3 Å². The van der Waals surface area contributed by atoms with Crippen molar-refractivity contribution in [3.63, 3.8) is 0 Å². The molecule has 1 aliphatic rings. The molecule has 2 aromatic rings.